The molecule has 0 spiro atoms. The van der Waals surface area contributed by atoms with Gasteiger partial charge in [-0.1, -0.05) is 6.92 Å². The molecule has 0 radical (unpaired) electrons. The number of fused-ring (bicyclic) bond motifs is 1. The number of rotatable bonds is 12. The first kappa shape index (κ1) is 26.8. The van der Waals surface area contributed by atoms with Crippen LogP contribution in [0, 0.1) is 13.8 Å². The summed E-state index contributed by atoms with van der Waals surface area (Å²) in [5.41, 5.74) is 4.14. The fourth-order valence-electron chi connectivity index (χ4n) is 4.03. The third-order valence-electron chi connectivity index (χ3n) is 6.23. The van der Waals surface area contributed by atoms with E-state index in [0.29, 0.717) is 57.7 Å². The Kier molecular flexibility index (Phi) is 9.29. The summed E-state index contributed by atoms with van der Waals surface area (Å²) < 4.78 is 16.7. The lowest BCUT2D eigenvalue weighted by molar-refractivity contribution is -0.109. The number of aromatic nitrogens is 3. The molecule has 200 valence electrons. The van der Waals surface area contributed by atoms with E-state index in [-0.39, 0.29) is 30.6 Å². The summed E-state index contributed by atoms with van der Waals surface area (Å²) >= 11 is 0. The van der Waals surface area contributed by atoms with E-state index in [2.05, 4.69) is 20.3 Å². The van der Waals surface area contributed by atoms with Crippen LogP contribution in [-0.2, 0) is 9.47 Å². The van der Waals surface area contributed by atoms with Gasteiger partial charge in [0.25, 0.3) is 5.91 Å². The Bertz CT molecular complexity index is 1190. The van der Waals surface area contributed by atoms with Crippen LogP contribution < -0.4 is 15.0 Å². The minimum atomic E-state index is -0.358. The molecule has 0 aliphatic carbocycles. The molecule has 1 fully saturated rings. The van der Waals surface area contributed by atoms with Crippen LogP contribution in [0.3, 0.4) is 0 Å². The summed E-state index contributed by atoms with van der Waals surface area (Å²) in [7, 11) is 0. The molecule has 3 aromatic rings. The molecule has 3 heterocycles. The topological polar surface area (TPSA) is 125 Å². The van der Waals surface area contributed by atoms with E-state index in [9.17, 15) is 10.0 Å². The van der Waals surface area contributed by atoms with Gasteiger partial charge in [0, 0.05) is 54.6 Å². The number of hydrogen-bond acceptors (Lipinski definition) is 9. The van der Waals surface area contributed by atoms with Crippen LogP contribution >= 0.6 is 0 Å². The number of H-pyrrole nitrogens is 1. The number of anilines is 2. The van der Waals surface area contributed by atoms with Crippen LogP contribution in [0.2, 0.25) is 0 Å². The highest BCUT2D eigenvalue weighted by atomic mass is 16.5. The SMILES string of the molecule is CCCOCCN(O)CCOc1cc(C(=O)Nc2ccc3[nH]c(C)c(C)c3c2)nc(N2CCOCC2)n1. The second-order valence-corrected chi connectivity index (χ2v) is 8.99. The minimum Gasteiger partial charge on any atom is -0.476 e. The zero-order valence-electron chi connectivity index (χ0n) is 21.7. The molecular formula is C26H36N6O5. The molecule has 0 atom stereocenters. The molecule has 1 amide bonds. The van der Waals surface area contributed by atoms with Gasteiger partial charge < -0.3 is 34.6 Å². The monoisotopic (exact) mass is 512 g/mol. The van der Waals surface area contributed by atoms with E-state index in [1.807, 2.05) is 43.9 Å². The molecular weight excluding hydrogens is 476 g/mol. The Labute approximate surface area is 216 Å². The largest absolute Gasteiger partial charge is 0.476 e. The predicted octanol–water partition coefficient (Wildman–Crippen LogP) is 3.16. The second kappa shape index (κ2) is 12.8. The number of morpholine rings is 1. The van der Waals surface area contributed by atoms with Gasteiger partial charge in [0.05, 0.1) is 26.4 Å². The lowest BCUT2D eigenvalue weighted by Crippen LogP contribution is -2.37. The average molecular weight is 513 g/mol. The fourth-order valence-corrected chi connectivity index (χ4v) is 4.03. The van der Waals surface area contributed by atoms with Crippen LogP contribution in [0.5, 0.6) is 5.88 Å². The van der Waals surface area contributed by atoms with Crippen molar-refractivity contribution in [3.63, 3.8) is 0 Å². The van der Waals surface area contributed by atoms with Crippen molar-refractivity contribution in [1.29, 1.82) is 0 Å². The highest BCUT2D eigenvalue weighted by Gasteiger charge is 2.19. The number of benzene rings is 1. The number of ether oxygens (including phenoxy) is 3. The molecule has 11 heteroatoms. The summed E-state index contributed by atoms with van der Waals surface area (Å²) in [6, 6.07) is 7.28. The number of amides is 1. The van der Waals surface area contributed by atoms with E-state index < -0.39 is 0 Å². The number of aromatic amines is 1. The quantitative estimate of drug-likeness (QED) is 0.248. The number of nitrogens with zero attached hydrogens (tertiary/aromatic N) is 4. The van der Waals surface area contributed by atoms with Gasteiger partial charge >= 0.3 is 0 Å². The molecule has 1 saturated heterocycles. The Morgan fingerprint density at radius 2 is 1.95 bits per heavy atom. The average Bonchev–Trinajstić information content (AvgIpc) is 3.19. The van der Waals surface area contributed by atoms with Gasteiger partial charge in [-0.05, 0) is 44.0 Å². The highest BCUT2D eigenvalue weighted by Crippen LogP contribution is 2.25. The van der Waals surface area contributed by atoms with E-state index in [0.717, 1.165) is 33.6 Å². The zero-order chi connectivity index (χ0) is 26.2. The molecule has 0 unspecified atom stereocenters. The van der Waals surface area contributed by atoms with E-state index in [4.69, 9.17) is 14.2 Å². The van der Waals surface area contributed by atoms with Crippen molar-refractivity contribution < 1.29 is 24.2 Å². The first-order valence-corrected chi connectivity index (χ1v) is 12.7. The summed E-state index contributed by atoms with van der Waals surface area (Å²) in [5.74, 6) is 0.319. The van der Waals surface area contributed by atoms with Gasteiger partial charge in [0.1, 0.15) is 12.3 Å². The molecule has 0 saturated carbocycles. The number of carbonyl (C=O) groups excluding carboxylic acids is 1. The molecule has 1 aliphatic heterocycles. The summed E-state index contributed by atoms with van der Waals surface area (Å²) in [4.78, 5) is 27.6. The maximum absolute atomic E-state index is 13.2. The Hall–Kier alpha value is -3.25. The zero-order valence-corrected chi connectivity index (χ0v) is 21.7. The molecule has 37 heavy (non-hydrogen) atoms. The summed E-state index contributed by atoms with van der Waals surface area (Å²) in [6.07, 6.45) is 0.934. The molecule has 4 rings (SSSR count). The van der Waals surface area contributed by atoms with Gasteiger partial charge in [0.2, 0.25) is 11.8 Å². The number of hydrogen-bond donors (Lipinski definition) is 3. The van der Waals surface area contributed by atoms with Crippen molar-refractivity contribution in [3.8, 4) is 5.88 Å². The normalized spacial score (nSPS) is 13.9. The first-order valence-electron chi connectivity index (χ1n) is 12.7. The lowest BCUT2D eigenvalue weighted by atomic mass is 10.1. The summed E-state index contributed by atoms with van der Waals surface area (Å²) in [5, 5.41) is 15.2. The maximum atomic E-state index is 13.2. The molecule has 1 aromatic carbocycles. The fraction of sp³-hybridized carbons (Fsp3) is 0.500. The third kappa shape index (κ3) is 7.16. The van der Waals surface area contributed by atoms with Crippen molar-refractivity contribution in [1.82, 2.24) is 20.0 Å². The van der Waals surface area contributed by atoms with Crippen LogP contribution in [0.4, 0.5) is 11.6 Å². The Balaban J connectivity index is 1.46. The van der Waals surface area contributed by atoms with Crippen LogP contribution in [0.25, 0.3) is 10.9 Å². The van der Waals surface area contributed by atoms with Crippen molar-refractivity contribution in [3.05, 3.63) is 41.2 Å². The highest BCUT2D eigenvalue weighted by molar-refractivity contribution is 6.04. The number of carbonyl (C=O) groups is 1. The standard InChI is InChI=1S/C26H36N6O5/c1-4-11-35-14-9-32(34)10-15-37-24-17-23(29-26(30-24)31-7-12-36-13-8-31)25(33)28-20-5-6-22-21(16-20)18(2)19(3)27-22/h5-6,16-17,27,34H,4,7-15H2,1-3H3,(H,28,33). The van der Waals surface area contributed by atoms with Gasteiger partial charge in [-0.3, -0.25) is 4.79 Å². The predicted molar refractivity (Wildman–Crippen MR) is 141 cm³/mol. The van der Waals surface area contributed by atoms with Gasteiger partial charge in [-0.25, -0.2) is 4.98 Å². The van der Waals surface area contributed by atoms with Crippen molar-refractivity contribution in [2.24, 2.45) is 0 Å². The minimum absolute atomic E-state index is 0.188. The summed E-state index contributed by atoms with van der Waals surface area (Å²) in [6.45, 7) is 10.4. The Morgan fingerprint density at radius 3 is 2.73 bits per heavy atom. The molecule has 1 aliphatic rings. The smallest absolute Gasteiger partial charge is 0.274 e. The van der Waals surface area contributed by atoms with Gasteiger partial charge in [-0.2, -0.15) is 10.0 Å². The molecule has 3 N–H and O–H groups in total. The van der Waals surface area contributed by atoms with Crippen LogP contribution in [0.1, 0.15) is 35.1 Å². The van der Waals surface area contributed by atoms with Crippen molar-refractivity contribution in [2.75, 3.05) is 69.4 Å². The van der Waals surface area contributed by atoms with Crippen LogP contribution in [-0.4, -0.2) is 90.3 Å². The van der Waals surface area contributed by atoms with Crippen molar-refractivity contribution in [2.45, 2.75) is 27.2 Å². The number of aryl methyl sites for hydroxylation is 2. The first-order chi connectivity index (χ1) is 17.9. The Morgan fingerprint density at radius 1 is 1.16 bits per heavy atom. The number of nitrogens with one attached hydrogen (secondary N) is 2. The van der Waals surface area contributed by atoms with Crippen LogP contribution in [0.15, 0.2) is 24.3 Å². The van der Waals surface area contributed by atoms with E-state index in [1.165, 1.54) is 6.07 Å². The second-order valence-electron chi connectivity index (χ2n) is 8.99. The molecule has 11 nitrogen and oxygen atoms in total. The maximum Gasteiger partial charge on any atom is 0.274 e. The van der Waals surface area contributed by atoms with E-state index >= 15 is 0 Å². The third-order valence-corrected chi connectivity index (χ3v) is 6.23. The molecule has 2 aromatic heterocycles. The molecule has 0 bridgehead atoms. The van der Waals surface area contributed by atoms with E-state index in [1.54, 1.807) is 0 Å². The van der Waals surface area contributed by atoms with Gasteiger partial charge in [-0.15, -0.1) is 0 Å². The van der Waals surface area contributed by atoms with Crippen molar-refractivity contribution >= 4 is 28.4 Å². The lowest BCUT2D eigenvalue weighted by Gasteiger charge is -2.27. The van der Waals surface area contributed by atoms with Gasteiger partial charge in [0.15, 0.2) is 0 Å². The number of hydroxylamine groups is 2.